The van der Waals surface area contributed by atoms with Crippen molar-refractivity contribution in [1.29, 1.82) is 0 Å². The molecule has 0 spiro atoms. The van der Waals surface area contributed by atoms with E-state index in [1.54, 1.807) is 38.1 Å². The minimum Gasteiger partial charge on any atom is -0.478 e. The van der Waals surface area contributed by atoms with Gasteiger partial charge in [0.15, 0.2) is 5.60 Å². The highest BCUT2D eigenvalue weighted by Crippen LogP contribution is 2.38. The van der Waals surface area contributed by atoms with E-state index in [1.165, 1.54) is 18.7 Å². The number of aliphatic carboxylic acids is 1. The van der Waals surface area contributed by atoms with Crippen molar-refractivity contribution in [2.24, 2.45) is 0 Å². The molecule has 13 heteroatoms. The highest BCUT2D eigenvalue weighted by molar-refractivity contribution is 5.76. The Morgan fingerprint density at radius 1 is 1.03 bits per heavy atom. The number of rotatable bonds is 10. The summed E-state index contributed by atoms with van der Waals surface area (Å²) in [6.07, 6.45) is -9.67. The van der Waals surface area contributed by atoms with Crippen LogP contribution in [0.15, 0.2) is 47.0 Å². The molecule has 1 heterocycles. The first-order valence-corrected chi connectivity index (χ1v) is 11.8. The summed E-state index contributed by atoms with van der Waals surface area (Å²) in [5, 5.41) is 13.1. The van der Waals surface area contributed by atoms with E-state index in [0.29, 0.717) is 11.8 Å². The lowest BCUT2D eigenvalue weighted by Crippen LogP contribution is -2.37. The van der Waals surface area contributed by atoms with Gasteiger partial charge in [-0.05, 0) is 60.8 Å². The Kier molecular flexibility index (Phi) is 8.51. The molecule has 0 bridgehead atoms. The van der Waals surface area contributed by atoms with Crippen LogP contribution in [0.3, 0.4) is 0 Å². The third-order valence-corrected chi connectivity index (χ3v) is 5.79. The van der Waals surface area contributed by atoms with E-state index in [1.807, 2.05) is 0 Å². The first-order chi connectivity index (χ1) is 18.0. The fourth-order valence-electron chi connectivity index (χ4n) is 3.53. The molecule has 1 N–H and O–H groups in total. The van der Waals surface area contributed by atoms with Gasteiger partial charge in [-0.1, -0.05) is 32.0 Å². The van der Waals surface area contributed by atoms with Gasteiger partial charge in [0.25, 0.3) is 5.95 Å². The van der Waals surface area contributed by atoms with Gasteiger partial charge in [-0.25, -0.2) is 4.79 Å². The van der Waals surface area contributed by atoms with E-state index in [-0.39, 0.29) is 42.4 Å². The smallest absolute Gasteiger partial charge is 0.416 e. The predicted molar refractivity (Wildman–Crippen MR) is 128 cm³/mol. The molecule has 0 aliphatic carbocycles. The number of alkyl halides is 6. The van der Waals surface area contributed by atoms with Gasteiger partial charge >= 0.3 is 18.3 Å². The molecule has 3 aromatic rings. The number of ether oxygens (including phenoxy) is 1. The average molecular weight is 560 g/mol. The molecule has 212 valence electrons. The molecule has 0 aliphatic heterocycles. The lowest BCUT2D eigenvalue weighted by molar-refractivity contribution is -0.152. The summed E-state index contributed by atoms with van der Waals surface area (Å²) in [4.78, 5) is 16.9. The predicted octanol–water partition coefficient (Wildman–Crippen LogP) is 6.72. The third kappa shape index (κ3) is 7.64. The molecular formula is C26H27F6N3O4. The van der Waals surface area contributed by atoms with Crippen LogP contribution in [0.5, 0.6) is 5.75 Å². The minimum absolute atomic E-state index is 0.00474. The number of nitrogens with zero attached hydrogens (tertiary/aromatic N) is 3. The number of anilines is 1. The van der Waals surface area contributed by atoms with Crippen molar-refractivity contribution in [2.45, 2.75) is 64.5 Å². The van der Waals surface area contributed by atoms with Crippen molar-refractivity contribution >= 4 is 11.9 Å². The molecule has 0 amide bonds. The summed E-state index contributed by atoms with van der Waals surface area (Å²) in [5.41, 5.74) is -3.91. The summed E-state index contributed by atoms with van der Waals surface area (Å²) < 4.78 is 91.3. The first-order valence-electron chi connectivity index (χ1n) is 11.8. The zero-order valence-electron chi connectivity index (χ0n) is 21.5. The van der Waals surface area contributed by atoms with E-state index < -0.39 is 41.6 Å². The molecule has 0 atom stereocenters. The Hall–Kier alpha value is -3.77. The van der Waals surface area contributed by atoms with Crippen LogP contribution in [-0.2, 0) is 30.1 Å². The number of hydrogen-bond acceptors (Lipinski definition) is 6. The molecule has 0 radical (unpaired) electrons. The lowest BCUT2D eigenvalue weighted by atomic mass is 10.0. The highest BCUT2D eigenvalue weighted by Gasteiger charge is 2.38. The zero-order valence-corrected chi connectivity index (χ0v) is 21.5. The van der Waals surface area contributed by atoms with Crippen LogP contribution in [-0.4, -0.2) is 33.4 Å². The lowest BCUT2D eigenvalue weighted by Gasteiger charge is -2.24. The quantitative estimate of drug-likeness (QED) is 0.276. The summed E-state index contributed by atoms with van der Waals surface area (Å²) in [7, 11) is 0. The molecule has 39 heavy (non-hydrogen) atoms. The second-order valence-electron chi connectivity index (χ2n) is 9.69. The number of hydrogen-bond donors (Lipinski definition) is 1. The molecule has 2 aromatic carbocycles. The molecule has 0 saturated carbocycles. The first kappa shape index (κ1) is 29.8. The Morgan fingerprint density at radius 2 is 1.67 bits per heavy atom. The summed E-state index contributed by atoms with van der Waals surface area (Å²) in [6.45, 7) is 6.03. The van der Waals surface area contributed by atoms with E-state index in [0.717, 1.165) is 11.6 Å². The van der Waals surface area contributed by atoms with Crippen molar-refractivity contribution in [2.75, 3.05) is 11.4 Å². The summed E-state index contributed by atoms with van der Waals surface area (Å²) in [6, 6.07) is 7.97. The van der Waals surface area contributed by atoms with Crippen LogP contribution in [0, 0.1) is 0 Å². The number of carboxylic acid groups (broad SMARTS) is 1. The van der Waals surface area contributed by atoms with E-state index >= 15 is 0 Å². The van der Waals surface area contributed by atoms with Crippen molar-refractivity contribution in [1.82, 2.24) is 10.1 Å². The monoisotopic (exact) mass is 559 g/mol. The Morgan fingerprint density at radius 3 is 2.18 bits per heavy atom. The molecule has 0 aliphatic rings. The van der Waals surface area contributed by atoms with Crippen molar-refractivity contribution in [3.8, 4) is 5.75 Å². The van der Waals surface area contributed by atoms with Gasteiger partial charge in [0.1, 0.15) is 5.75 Å². The topological polar surface area (TPSA) is 88.7 Å². The van der Waals surface area contributed by atoms with Crippen LogP contribution in [0.1, 0.15) is 61.8 Å². The van der Waals surface area contributed by atoms with Gasteiger partial charge in [0.2, 0.25) is 5.89 Å². The van der Waals surface area contributed by atoms with Crippen molar-refractivity contribution in [3.63, 3.8) is 0 Å². The van der Waals surface area contributed by atoms with E-state index in [2.05, 4.69) is 10.1 Å². The maximum atomic E-state index is 13.8. The van der Waals surface area contributed by atoms with Crippen LogP contribution in [0.25, 0.3) is 0 Å². The van der Waals surface area contributed by atoms with Crippen LogP contribution in [0.4, 0.5) is 32.3 Å². The van der Waals surface area contributed by atoms with Crippen LogP contribution >= 0.6 is 0 Å². The second kappa shape index (κ2) is 11.1. The largest absolute Gasteiger partial charge is 0.478 e. The van der Waals surface area contributed by atoms with Crippen LogP contribution < -0.4 is 9.64 Å². The molecule has 3 rings (SSSR count). The fourth-order valence-corrected chi connectivity index (χ4v) is 3.53. The maximum absolute atomic E-state index is 13.8. The average Bonchev–Trinajstić information content (AvgIpc) is 3.32. The minimum atomic E-state index is -5.03. The standard InChI is InChI=1S/C26H27F6N3O4/c1-15(2)21-33-23(34-39-21)35(12-11-16-5-9-19(10-6-16)38-24(3,4)22(36)37)14-17-7-8-18(25(27,28)29)13-20(17)26(30,31)32/h5-10,13,15H,11-12,14H2,1-4H3,(H,36,37). The number of carbonyl (C=O) groups is 1. The highest BCUT2D eigenvalue weighted by atomic mass is 19.4. The van der Waals surface area contributed by atoms with Gasteiger partial charge in [-0.15, -0.1) is 0 Å². The molecule has 0 saturated heterocycles. The number of halogens is 6. The van der Waals surface area contributed by atoms with Crippen molar-refractivity contribution < 1.29 is 45.5 Å². The van der Waals surface area contributed by atoms with Gasteiger partial charge in [0.05, 0.1) is 11.1 Å². The normalized spacial score (nSPS) is 12.6. The molecule has 0 unspecified atom stereocenters. The van der Waals surface area contributed by atoms with Crippen LogP contribution in [0.2, 0.25) is 0 Å². The molecular weight excluding hydrogens is 532 g/mol. The number of carboxylic acids is 1. The Labute approximate surface area is 220 Å². The van der Waals surface area contributed by atoms with Gasteiger partial charge < -0.3 is 19.3 Å². The molecule has 7 nitrogen and oxygen atoms in total. The zero-order chi connectivity index (χ0) is 29.2. The van der Waals surface area contributed by atoms with Crippen molar-refractivity contribution in [3.05, 3.63) is 70.6 Å². The summed E-state index contributed by atoms with van der Waals surface area (Å²) in [5.74, 6) is -0.754. The second-order valence-corrected chi connectivity index (χ2v) is 9.69. The Bertz CT molecular complexity index is 1280. The fraction of sp³-hybridized carbons (Fsp3) is 0.423. The van der Waals surface area contributed by atoms with E-state index in [4.69, 9.17) is 9.26 Å². The molecule has 0 fully saturated rings. The van der Waals surface area contributed by atoms with Gasteiger partial charge in [-0.3, -0.25) is 0 Å². The Balaban J connectivity index is 1.88. The maximum Gasteiger partial charge on any atom is 0.416 e. The summed E-state index contributed by atoms with van der Waals surface area (Å²) >= 11 is 0. The number of benzene rings is 2. The SMILES string of the molecule is CC(C)c1nc(N(CCc2ccc(OC(C)(C)C(=O)O)cc2)Cc2ccc(C(F)(F)F)cc2C(F)(F)F)no1. The van der Waals surface area contributed by atoms with E-state index in [9.17, 15) is 36.2 Å². The van der Waals surface area contributed by atoms with Gasteiger partial charge in [0, 0.05) is 19.0 Å². The van der Waals surface area contributed by atoms with Gasteiger partial charge in [-0.2, -0.15) is 31.3 Å². The number of aromatic nitrogens is 2. The third-order valence-electron chi connectivity index (χ3n) is 5.79. The molecule has 1 aromatic heterocycles.